The second-order valence-electron chi connectivity index (χ2n) is 13.4. The van der Waals surface area contributed by atoms with Crippen molar-refractivity contribution in [3.63, 3.8) is 0 Å². The second-order valence-corrected chi connectivity index (χ2v) is 14.6. The van der Waals surface area contributed by atoms with Crippen LogP contribution >= 0.6 is 23.2 Å². The summed E-state index contributed by atoms with van der Waals surface area (Å²) in [6.45, 7) is 0. The van der Waals surface area contributed by atoms with Crippen molar-refractivity contribution >= 4 is 69.3 Å². The Morgan fingerprint density at radius 3 is 2.18 bits per heavy atom. The fourth-order valence-electron chi connectivity index (χ4n) is 8.48. The zero-order valence-corrected chi connectivity index (χ0v) is 28.0. The smallest absolute Gasteiger partial charge is 0.258 e. The molecule has 2 aliphatic carbocycles. The number of aromatic nitrogens is 1. The number of phenols is 1. The second kappa shape index (κ2) is 11.1. The molecule has 4 amide bonds. The van der Waals surface area contributed by atoms with Crippen LogP contribution < -0.4 is 9.80 Å². The highest BCUT2D eigenvalue weighted by Gasteiger charge is 2.77. The Bertz CT molecular complexity index is 2330. The molecule has 1 N–H and O–H groups in total. The van der Waals surface area contributed by atoms with Crippen LogP contribution in [0, 0.1) is 23.6 Å². The van der Waals surface area contributed by atoms with Gasteiger partial charge in [0.05, 0.1) is 23.2 Å². The summed E-state index contributed by atoms with van der Waals surface area (Å²) in [6, 6.07) is 25.2. The van der Waals surface area contributed by atoms with Crippen LogP contribution in [0.2, 0.25) is 0 Å². The molecule has 1 aromatic heterocycles. The zero-order valence-electron chi connectivity index (χ0n) is 26.5. The van der Waals surface area contributed by atoms with Crippen molar-refractivity contribution in [1.29, 1.82) is 0 Å². The number of anilines is 2. The highest BCUT2D eigenvalue weighted by atomic mass is 35.5. The summed E-state index contributed by atoms with van der Waals surface area (Å²) in [5.74, 6) is -6.53. The molecule has 6 atom stereocenters. The average Bonchev–Trinajstić information content (AvgIpc) is 3.72. The van der Waals surface area contributed by atoms with Gasteiger partial charge in [0, 0.05) is 17.0 Å². The standard InChI is InChI=1S/C39H26Cl2FN3O6/c40-38-19-27-24(32(25-5-1-3-7-29(25)46)39(38,41)37(50)45(36(38)49)23-15-11-21(42)12-16-23)17-18-26-31(27)35(48)44(34(26)47)22-13-9-20(10-14-22)33-43-28-6-2-4-8-30(28)51-33/h1-17,26-27,31-32,46H,18-19H2/t26-,27+,31-,32+,38+,39-/m0/s1. The number of carbonyl (C=O) groups is 4. The molecule has 4 aliphatic rings. The molecule has 0 spiro atoms. The number of alkyl halides is 2. The number of nitrogens with zero attached hydrogens (tertiary/aromatic N) is 3. The topological polar surface area (TPSA) is 121 Å². The number of para-hydroxylation sites is 3. The third-order valence-corrected chi connectivity index (χ3v) is 12.2. The molecule has 4 aromatic carbocycles. The lowest BCUT2D eigenvalue weighted by atomic mass is 9.56. The Morgan fingerprint density at radius 1 is 0.784 bits per heavy atom. The van der Waals surface area contributed by atoms with Crippen LogP contribution in [-0.4, -0.2) is 43.5 Å². The van der Waals surface area contributed by atoms with E-state index in [1.54, 1.807) is 48.5 Å². The number of aromatic hydroxyl groups is 1. The van der Waals surface area contributed by atoms with E-state index < -0.39 is 62.9 Å². The van der Waals surface area contributed by atoms with Crippen molar-refractivity contribution in [1.82, 2.24) is 4.98 Å². The van der Waals surface area contributed by atoms with Crippen LogP contribution in [0.5, 0.6) is 5.75 Å². The minimum Gasteiger partial charge on any atom is -0.508 e. The molecule has 2 aliphatic heterocycles. The lowest BCUT2D eigenvalue weighted by Crippen LogP contribution is -2.60. The average molecular weight is 723 g/mol. The van der Waals surface area contributed by atoms with Crippen molar-refractivity contribution in [3.8, 4) is 17.2 Å². The number of benzene rings is 4. The number of allylic oxidation sites excluding steroid dienone is 2. The van der Waals surface area contributed by atoms with Gasteiger partial charge in [-0.2, -0.15) is 0 Å². The molecule has 12 heteroatoms. The molecule has 3 heterocycles. The number of oxazole rings is 1. The van der Waals surface area contributed by atoms with Gasteiger partial charge < -0.3 is 9.52 Å². The van der Waals surface area contributed by atoms with Crippen molar-refractivity contribution in [2.24, 2.45) is 17.8 Å². The molecule has 51 heavy (non-hydrogen) atoms. The van der Waals surface area contributed by atoms with E-state index in [-0.39, 0.29) is 29.8 Å². The van der Waals surface area contributed by atoms with E-state index in [2.05, 4.69) is 4.98 Å². The summed E-state index contributed by atoms with van der Waals surface area (Å²) in [7, 11) is 0. The Hall–Kier alpha value is -5.32. The van der Waals surface area contributed by atoms with E-state index in [9.17, 15) is 28.7 Å². The predicted octanol–water partition coefficient (Wildman–Crippen LogP) is 7.11. The SMILES string of the molecule is O=C1[C@H]2[C@H](CC=C3[C@H]2C[C@@]2(Cl)C(=O)N(c4ccc(F)cc4)C(=O)[C@@]2(Cl)[C@H]3c2ccccc2O)C(=O)N1c1ccc(-c2nc3ccccc3o2)cc1. The lowest BCUT2D eigenvalue weighted by Gasteiger charge is -2.50. The molecule has 3 fully saturated rings. The van der Waals surface area contributed by atoms with Gasteiger partial charge in [-0.25, -0.2) is 14.3 Å². The third-order valence-electron chi connectivity index (χ3n) is 10.8. The number of amides is 4. The maximum absolute atomic E-state index is 14.5. The number of carbonyl (C=O) groups excluding carboxylic acids is 4. The lowest BCUT2D eigenvalue weighted by molar-refractivity contribution is -0.125. The molecule has 2 saturated heterocycles. The van der Waals surface area contributed by atoms with Gasteiger partial charge in [0.2, 0.25) is 17.7 Å². The quantitative estimate of drug-likeness (QED) is 0.119. The molecule has 5 aromatic rings. The van der Waals surface area contributed by atoms with Gasteiger partial charge in [0.25, 0.3) is 11.8 Å². The summed E-state index contributed by atoms with van der Waals surface area (Å²) >= 11 is 14.7. The molecular weight excluding hydrogens is 696 g/mol. The molecule has 0 unspecified atom stereocenters. The number of phenolic OH excluding ortho intramolecular Hbond substituents is 1. The first-order valence-corrected chi connectivity index (χ1v) is 17.1. The van der Waals surface area contributed by atoms with Gasteiger partial charge in [0.15, 0.2) is 15.3 Å². The summed E-state index contributed by atoms with van der Waals surface area (Å²) in [5, 5.41) is 11.1. The van der Waals surface area contributed by atoms with E-state index in [4.69, 9.17) is 27.6 Å². The molecule has 9 nitrogen and oxygen atoms in total. The number of halogens is 3. The Balaban J connectivity index is 1.11. The molecule has 254 valence electrons. The Labute approximate surface area is 299 Å². The van der Waals surface area contributed by atoms with Crippen LogP contribution in [0.15, 0.2) is 113 Å². The van der Waals surface area contributed by atoms with Gasteiger partial charge >= 0.3 is 0 Å². The van der Waals surface area contributed by atoms with Crippen molar-refractivity contribution in [2.45, 2.75) is 28.5 Å². The number of rotatable bonds is 4. The predicted molar refractivity (Wildman–Crippen MR) is 187 cm³/mol. The Kier molecular flexibility index (Phi) is 6.88. The van der Waals surface area contributed by atoms with Gasteiger partial charge in [-0.15, -0.1) is 23.2 Å². The summed E-state index contributed by atoms with van der Waals surface area (Å²) in [6.07, 6.45) is 1.72. The van der Waals surface area contributed by atoms with Crippen LogP contribution in [0.25, 0.3) is 22.6 Å². The van der Waals surface area contributed by atoms with Crippen molar-refractivity contribution < 1.29 is 33.1 Å². The fraction of sp³-hybridized carbons (Fsp3) is 0.205. The third kappa shape index (κ3) is 4.29. The van der Waals surface area contributed by atoms with Gasteiger partial charge in [-0.3, -0.25) is 24.1 Å². The van der Waals surface area contributed by atoms with Crippen molar-refractivity contribution in [2.75, 3.05) is 9.80 Å². The molecule has 0 radical (unpaired) electrons. The summed E-state index contributed by atoms with van der Waals surface area (Å²) < 4.78 is 19.8. The van der Waals surface area contributed by atoms with Gasteiger partial charge in [-0.1, -0.05) is 42.0 Å². The van der Waals surface area contributed by atoms with Gasteiger partial charge in [-0.05, 0) is 85.5 Å². The molecular formula is C39H26Cl2FN3O6. The molecule has 0 bridgehead atoms. The van der Waals surface area contributed by atoms with E-state index >= 15 is 0 Å². The first kappa shape index (κ1) is 31.6. The summed E-state index contributed by atoms with van der Waals surface area (Å²) in [5.41, 5.74) is 3.21. The number of imide groups is 2. The van der Waals surface area contributed by atoms with Gasteiger partial charge in [0.1, 0.15) is 17.1 Å². The first-order valence-electron chi connectivity index (χ1n) is 16.4. The maximum Gasteiger partial charge on any atom is 0.258 e. The van der Waals surface area contributed by atoms with E-state index in [0.717, 1.165) is 21.9 Å². The van der Waals surface area contributed by atoms with E-state index in [1.807, 2.05) is 24.3 Å². The van der Waals surface area contributed by atoms with Crippen LogP contribution in [0.3, 0.4) is 0 Å². The van der Waals surface area contributed by atoms with Crippen LogP contribution in [0.4, 0.5) is 15.8 Å². The summed E-state index contributed by atoms with van der Waals surface area (Å²) in [4.78, 5) is 59.6. The van der Waals surface area contributed by atoms with Crippen LogP contribution in [0.1, 0.15) is 24.3 Å². The van der Waals surface area contributed by atoms with E-state index in [1.165, 1.54) is 18.2 Å². The zero-order chi connectivity index (χ0) is 35.4. The number of hydrogen-bond donors (Lipinski definition) is 1. The normalized spacial score (nSPS) is 28.6. The highest BCUT2D eigenvalue weighted by Crippen LogP contribution is 2.66. The minimum atomic E-state index is -2.14. The van der Waals surface area contributed by atoms with E-state index in [0.29, 0.717) is 33.8 Å². The highest BCUT2D eigenvalue weighted by molar-refractivity contribution is 6.58. The number of hydrogen-bond acceptors (Lipinski definition) is 7. The Morgan fingerprint density at radius 2 is 1.45 bits per heavy atom. The molecule has 9 rings (SSSR count). The monoisotopic (exact) mass is 721 g/mol. The van der Waals surface area contributed by atoms with Crippen molar-refractivity contribution in [3.05, 3.63) is 120 Å². The largest absolute Gasteiger partial charge is 0.508 e. The number of fused-ring (bicyclic) bond motifs is 5. The van der Waals surface area contributed by atoms with Crippen LogP contribution in [-0.2, 0) is 19.2 Å². The first-order chi connectivity index (χ1) is 24.5. The molecule has 1 saturated carbocycles. The minimum absolute atomic E-state index is 0.0753. The fourth-order valence-corrected chi connectivity index (χ4v) is 9.41. The maximum atomic E-state index is 14.5.